The Morgan fingerprint density at radius 3 is 2.21 bits per heavy atom. The SMILES string of the molecule is CCN(CC)c1ncc(C(=O)O)cn1. The fraction of sp³-hybridized carbons (Fsp3) is 0.444. The highest BCUT2D eigenvalue weighted by molar-refractivity contribution is 5.86. The Kier molecular flexibility index (Phi) is 3.39. The molecule has 0 saturated carbocycles. The summed E-state index contributed by atoms with van der Waals surface area (Å²) in [6.45, 7) is 5.61. The zero-order valence-electron chi connectivity index (χ0n) is 8.27. The Morgan fingerprint density at radius 1 is 1.36 bits per heavy atom. The molecule has 0 spiro atoms. The number of hydrogen-bond acceptors (Lipinski definition) is 4. The topological polar surface area (TPSA) is 66.3 Å². The van der Waals surface area contributed by atoms with E-state index < -0.39 is 5.97 Å². The van der Waals surface area contributed by atoms with E-state index in [1.54, 1.807) is 0 Å². The van der Waals surface area contributed by atoms with Crippen LogP contribution < -0.4 is 4.90 Å². The lowest BCUT2D eigenvalue weighted by Gasteiger charge is -2.17. The van der Waals surface area contributed by atoms with Crippen molar-refractivity contribution in [3.8, 4) is 0 Å². The van der Waals surface area contributed by atoms with Crippen molar-refractivity contribution in [2.75, 3.05) is 18.0 Å². The molecular weight excluding hydrogens is 182 g/mol. The maximum absolute atomic E-state index is 10.5. The van der Waals surface area contributed by atoms with Crippen molar-refractivity contribution in [1.82, 2.24) is 9.97 Å². The standard InChI is InChI=1S/C9H13N3O2/c1-3-12(4-2)9-10-5-7(6-11-9)8(13)14/h5-6H,3-4H2,1-2H3,(H,13,14). The Balaban J connectivity index is 2.87. The van der Waals surface area contributed by atoms with Crippen LogP contribution in [0.15, 0.2) is 12.4 Å². The first-order chi connectivity index (χ1) is 6.69. The van der Waals surface area contributed by atoms with Crippen molar-refractivity contribution >= 4 is 11.9 Å². The lowest BCUT2D eigenvalue weighted by Crippen LogP contribution is -2.24. The molecule has 1 rings (SSSR count). The molecule has 0 aliphatic carbocycles. The van der Waals surface area contributed by atoms with E-state index in [4.69, 9.17) is 5.11 Å². The van der Waals surface area contributed by atoms with Gasteiger partial charge in [-0.2, -0.15) is 0 Å². The summed E-state index contributed by atoms with van der Waals surface area (Å²) in [5, 5.41) is 8.64. The molecule has 5 nitrogen and oxygen atoms in total. The van der Waals surface area contributed by atoms with E-state index in [1.165, 1.54) is 12.4 Å². The molecular formula is C9H13N3O2. The summed E-state index contributed by atoms with van der Waals surface area (Å²) >= 11 is 0. The minimum absolute atomic E-state index is 0.112. The molecule has 1 N–H and O–H groups in total. The minimum Gasteiger partial charge on any atom is -0.478 e. The fourth-order valence-corrected chi connectivity index (χ4v) is 1.10. The highest BCUT2D eigenvalue weighted by atomic mass is 16.4. The quantitative estimate of drug-likeness (QED) is 0.777. The number of rotatable bonds is 4. The van der Waals surface area contributed by atoms with Crippen LogP contribution in [0.3, 0.4) is 0 Å². The van der Waals surface area contributed by atoms with Gasteiger partial charge in [0.05, 0.1) is 5.56 Å². The summed E-state index contributed by atoms with van der Waals surface area (Å²) in [6, 6.07) is 0. The molecule has 0 bridgehead atoms. The van der Waals surface area contributed by atoms with Gasteiger partial charge < -0.3 is 10.0 Å². The van der Waals surface area contributed by atoms with Crippen LogP contribution in [0.1, 0.15) is 24.2 Å². The molecule has 0 aliphatic rings. The van der Waals surface area contributed by atoms with E-state index in [-0.39, 0.29) is 5.56 Å². The zero-order valence-corrected chi connectivity index (χ0v) is 8.27. The molecule has 1 aromatic rings. The number of anilines is 1. The number of carbonyl (C=O) groups is 1. The van der Waals surface area contributed by atoms with Gasteiger partial charge in [-0.05, 0) is 13.8 Å². The van der Waals surface area contributed by atoms with Crippen LogP contribution >= 0.6 is 0 Å². The molecule has 0 unspecified atom stereocenters. The summed E-state index contributed by atoms with van der Waals surface area (Å²) in [5.41, 5.74) is 0.112. The monoisotopic (exact) mass is 195 g/mol. The van der Waals surface area contributed by atoms with Gasteiger partial charge >= 0.3 is 5.97 Å². The van der Waals surface area contributed by atoms with Crippen LogP contribution in [0.25, 0.3) is 0 Å². The number of carboxylic acids is 1. The molecule has 5 heteroatoms. The van der Waals surface area contributed by atoms with Crippen LogP contribution in [0, 0.1) is 0 Å². The lowest BCUT2D eigenvalue weighted by atomic mass is 10.3. The summed E-state index contributed by atoms with van der Waals surface area (Å²) in [4.78, 5) is 20.4. The van der Waals surface area contributed by atoms with Gasteiger partial charge in [0.1, 0.15) is 0 Å². The Labute approximate surface area is 82.4 Å². The molecule has 1 heterocycles. The van der Waals surface area contributed by atoms with E-state index >= 15 is 0 Å². The molecule has 14 heavy (non-hydrogen) atoms. The van der Waals surface area contributed by atoms with Crippen molar-refractivity contribution in [3.05, 3.63) is 18.0 Å². The largest absolute Gasteiger partial charge is 0.478 e. The molecule has 76 valence electrons. The second-order valence-corrected chi connectivity index (χ2v) is 2.75. The highest BCUT2D eigenvalue weighted by Gasteiger charge is 2.07. The summed E-state index contributed by atoms with van der Waals surface area (Å²) in [5.74, 6) is -0.434. The number of aromatic carboxylic acids is 1. The smallest absolute Gasteiger partial charge is 0.338 e. The van der Waals surface area contributed by atoms with E-state index in [1.807, 2.05) is 18.7 Å². The predicted octanol–water partition coefficient (Wildman–Crippen LogP) is 1.02. The molecule has 0 atom stereocenters. The Morgan fingerprint density at radius 2 is 1.86 bits per heavy atom. The average molecular weight is 195 g/mol. The number of aromatic nitrogens is 2. The first kappa shape index (κ1) is 10.4. The van der Waals surface area contributed by atoms with E-state index in [9.17, 15) is 4.79 Å². The third-order valence-electron chi connectivity index (χ3n) is 1.93. The van der Waals surface area contributed by atoms with Gasteiger partial charge in [0.2, 0.25) is 5.95 Å². The van der Waals surface area contributed by atoms with E-state index in [0.29, 0.717) is 5.95 Å². The third-order valence-corrected chi connectivity index (χ3v) is 1.93. The number of nitrogens with zero attached hydrogens (tertiary/aromatic N) is 3. The maximum atomic E-state index is 10.5. The van der Waals surface area contributed by atoms with Crippen molar-refractivity contribution in [1.29, 1.82) is 0 Å². The van der Waals surface area contributed by atoms with Crippen LogP contribution in [-0.2, 0) is 0 Å². The van der Waals surface area contributed by atoms with Crippen molar-refractivity contribution < 1.29 is 9.90 Å². The van der Waals surface area contributed by atoms with Crippen LogP contribution in [0.5, 0.6) is 0 Å². The van der Waals surface area contributed by atoms with Crippen molar-refractivity contribution in [2.45, 2.75) is 13.8 Å². The Hall–Kier alpha value is -1.65. The normalized spacial score (nSPS) is 9.86. The molecule has 0 aliphatic heterocycles. The fourth-order valence-electron chi connectivity index (χ4n) is 1.10. The third kappa shape index (κ3) is 2.18. The average Bonchev–Trinajstić information content (AvgIpc) is 2.20. The first-order valence-electron chi connectivity index (χ1n) is 4.49. The lowest BCUT2D eigenvalue weighted by molar-refractivity contribution is 0.0696. The predicted molar refractivity (Wildman–Crippen MR) is 52.6 cm³/mol. The van der Waals surface area contributed by atoms with Gasteiger partial charge in [-0.1, -0.05) is 0 Å². The van der Waals surface area contributed by atoms with Crippen LogP contribution in [0.2, 0.25) is 0 Å². The van der Waals surface area contributed by atoms with Gasteiger partial charge in [-0.3, -0.25) is 0 Å². The number of hydrogen-bond donors (Lipinski definition) is 1. The molecule has 0 radical (unpaired) electrons. The first-order valence-corrected chi connectivity index (χ1v) is 4.49. The summed E-state index contributed by atoms with van der Waals surface area (Å²) in [6.07, 6.45) is 2.64. The zero-order chi connectivity index (χ0) is 10.6. The van der Waals surface area contributed by atoms with Crippen molar-refractivity contribution in [2.24, 2.45) is 0 Å². The van der Waals surface area contributed by atoms with Gasteiger partial charge in [-0.15, -0.1) is 0 Å². The molecule has 0 fully saturated rings. The van der Waals surface area contributed by atoms with Crippen LogP contribution in [0.4, 0.5) is 5.95 Å². The molecule has 0 saturated heterocycles. The molecule has 0 amide bonds. The summed E-state index contributed by atoms with van der Waals surface area (Å²) < 4.78 is 0. The molecule has 1 aromatic heterocycles. The van der Waals surface area contributed by atoms with Gasteiger partial charge in [0, 0.05) is 25.5 Å². The maximum Gasteiger partial charge on any atom is 0.338 e. The van der Waals surface area contributed by atoms with Gasteiger partial charge in [0.25, 0.3) is 0 Å². The van der Waals surface area contributed by atoms with E-state index in [2.05, 4.69) is 9.97 Å². The Bertz CT molecular complexity index is 306. The van der Waals surface area contributed by atoms with Gasteiger partial charge in [0.15, 0.2) is 0 Å². The number of carboxylic acid groups (broad SMARTS) is 1. The minimum atomic E-state index is -1.00. The van der Waals surface area contributed by atoms with Gasteiger partial charge in [-0.25, -0.2) is 14.8 Å². The second kappa shape index (κ2) is 4.55. The van der Waals surface area contributed by atoms with E-state index in [0.717, 1.165) is 13.1 Å². The summed E-state index contributed by atoms with van der Waals surface area (Å²) in [7, 11) is 0. The second-order valence-electron chi connectivity index (χ2n) is 2.75. The van der Waals surface area contributed by atoms with Crippen LogP contribution in [-0.4, -0.2) is 34.1 Å². The highest BCUT2D eigenvalue weighted by Crippen LogP contribution is 2.05. The molecule has 0 aromatic carbocycles. The van der Waals surface area contributed by atoms with Crippen molar-refractivity contribution in [3.63, 3.8) is 0 Å².